The summed E-state index contributed by atoms with van der Waals surface area (Å²) in [5, 5.41) is 3.19. The second-order valence-electron chi connectivity index (χ2n) is 7.33. The summed E-state index contributed by atoms with van der Waals surface area (Å²) >= 11 is 0. The molecular formula is C20H24F2N4O4. The second-order valence-corrected chi connectivity index (χ2v) is 7.33. The van der Waals surface area contributed by atoms with Gasteiger partial charge in [0, 0.05) is 31.7 Å². The minimum atomic E-state index is -2.96. The Kier molecular flexibility index (Phi) is 6.14. The molecule has 10 heteroatoms. The first kappa shape index (κ1) is 20.5. The van der Waals surface area contributed by atoms with Gasteiger partial charge in [0.1, 0.15) is 0 Å². The van der Waals surface area contributed by atoms with Crippen molar-refractivity contribution in [3.8, 4) is 23.0 Å². The molecule has 0 unspecified atom stereocenters. The summed E-state index contributed by atoms with van der Waals surface area (Å²) in [7, 11) is 0. The number of amides is 1. The summed E-state index contributed by atoms with van der Waals surface area (Å²) in [4.78, 5) is 18.9. The zero-order valence-corrected chi connectivity index (χ0v) is 16.4. The molecule has 1 aliphatic carbocycles. The molecule has 0 radical (unpaired) electrons. The summed E-state index contributed by atoms with van der Waals surface area (Å²) in [5.41, 5.74) is 6.41. The lowest BCUT2D eigenvalue weighted by Crippen LogP contribution is -2.46. The minimum Gasteiger partial charge on any atom is -0.489 e. The number of nitrogens with one attached hydrogen (secondary N) is 1. The maximum atomic E-state index is 12.8. The number of halogens is 2. The Morgan fingerprint density at radius 1 is 1.30 bits per heavy atom. The van der Waals surface area contributed by atoms with Gasteiger partial charge < -0.3 is 29.8 Å². The molecule has 2 aromatic rings. The first-order valence-corrected chi connectivity index (χ1v) is 9.97. The molecule has 0 atom stereocenters. The Hall–Kier alpha value is -2.72. The fraction of sp³-hybridized carbons (Fsp3) is 0.500. The van der Waals surface area contributed by atoms with Gasteiger partial charge in [0.2, 0.25) is 5.89 Å². The topological polar surface area (TPSA) is 103 Å². The molecule has 0 bridgehead atoms. The predicted molar refractivity (Wildman–Crippen MR) is 103 cm³/mol. The maximum absolute atomic E-state index is 12.8. The smallest absolute Gasteiger partial charge is 0.387 e. The number of carbonyl (C=O) groups is 1. The monoisotopic (exact) mass is 422 g/mol. The molecule has 1 aromatic heterocycles. The lowest BCUT2D eigenvalue weighted by Gasteiger charge is -2.26. The van der Waals surface area contributed by atoms with Crippen molar-refractivity contribution in [1.29, 1.82) is 0 Å². The number of nitrogens with two attached hydrogens (primary N) is 1. The van der Waals surface area contributed by atoms with Gasteiger partial charge in [-0.1, -0.05) is 0 Å². The highest BCUT2D eigenvalue weighted by molar-refractivity contribution is 5.94. The van der Waals surface area contributed by atoms with E-state index in [9.17, 15) is 13.6 Å². The lowest BCUT2D eigenvalue weighted by molar-refractivity contribution is -0.0515. The Labute approximate surface area is 172 Å². The fourth-order valence-corrected chi connectivity index (χ4v) is 3.24. The zero-order chi connectivity index (χ0) is 21.1. The van der Waals surface area contributed by atoms with Crippen LogP contribution in [-0.2, 0) is 6.54 Å². The number of rotatable bonds is 8. The molecule has 1 amide bonds. The number of ether oxygens (including phenoxy) is 2. The highest BCUT2D eigenvalue weighted by Crippen LogP contribution is 2.36. The van der Waals surface area contributed by atoms with Crippen LogP contribution >= 0.6 is 0 Å². The molecular weight excluding hydrogens is 398 g/mol. The van der Waals surface area contributed by atoms with Crippen molar-refractivity contribution in [2.45, 2.75) is 26.0 Å². The molecule has 8 nitrogen and oxygen atoms in total. The van der Waals surface area contributed by atoms with Crippen LogP contribution in [0.3, 0.4) is 0 Å². The maximum Gasteiger partial charge on any atom is 0.387 e. The van der Waals surface area contributed by atoms with E-state index in [1.54, 1.807) is 4.90 Å². The third-order valence-electron chi connectivity index (χ3n) is 5.07. The van der Waals surface area contributed by atoms with Crippen LogP contribution in [0.2, 0.25) is 0 Å². The number of aromatic nitrogens is 1. The molecule has 2 heterocycles. The number of piperazine rings is 1. The van der Waals surface area contributed by atoms with Crippen LogP contribution in [0, 0.1) is 5.92 Å². The quantitative estimate of drug-likeness (QED) is 0.673. The number of oxazole rings is 1. The molecule has 2 fully saturated rings. The summed E-state index contributed by atoms with van der Waals surface area (Å²) in [6.45, 7) is 0.0394. The van der Waals surface area contributed by atoms with E-state index in [-0.39, 0.29) is 41.3 Å². The van der Waals surface area contributed by atoms with E-state index in [0.29, 0.717) is 44.3 Å². The van der Waals surface area contributed by atoms with Crippen molar-refractivity contribution in [2.24, 2.45) is 11.7 Å². The van der Waals surface area contributed by atoms with Gasteiger partial charge in [-0.3, -0.25) is 4.79 Å². The molecule has 162 valence electrons. The van der Waals surface area contributed by atoms with Gasteiger partial charge >= 0.3 is 6.61 Å². The third kappa shape index (κ3) is 4.71. The second kappa shape index (κ2) is 8.97. The average Bonchev–Trinajstić information content (AvgIpc) is 3.49. The van der Waals surface area contributed by atoms with Crippen LogP contribution in [0.25, 0.3) is 11.5 Å². The molecule has 1 saturated heterocycles. The molecule has 2 aliphatic rings. The van der Waals surface area contributed by atoms with Crippen LogP contribution in [-0.4, -0.2) is 55.2 Å². The van der Waals surface area contributed by atoms with Crippen molar-refractivity contribution in [3.05, 3.63) is 29.7 Å². The first-order chi connectivity index (χ1) is 14.5. The van der Waals surface area contributed by atoms with Crippen molar-refractivity contribution < 1.29 is 27.5 Å². The van der Waals surface area contributed by atoms with Gasteiger partial charge in [-0.05, 0) is 37.0 Å². The minimum absolute atomic E-state index is 0.0117. The number of hydrogen-bond acceptors (Lipinski definition) is 7. The van der Waals surface area contributed by atoms with Gasteiger partial charge in [0.25, 0.3) is 5.91 Å². The molecule has 0 spiro atoms. The average molecular weight is 422 g/mol. The number of hydrogen-bond donors (Lipinski definition) is 2. The number of alkyl halides is 2. The third-order valence-corrected chi connectivity index (χ3v) is 5.07. The Balaban J connectivity index is 1.61. The van der Waals surface area contributed by atoms with E-state index in [0.717, 1.165) is 12.8 Å². The summed E-state index contributed by atoms with van der Waals surface area (Å²) in [6, 6.07) is 4.45. The van der Waals surface area contributed by atoms with Crippen molar-refractivity contribution in [2.75, 3.05) is 32.8 Å². The molecule has 1 aromatic carbocycles. The largest absolute Gasteiger partial charge is 0.489 e. The van der Waals surface area contributed by atoms with Crippen LogP contribution < -0.4 is 20.5 Å². The Morgan fingerprint density at radius 3 is 2.73 bits per heavy atom. The zero-order valence-electron chi connectivity index (χ0n) is 16.4. The van der Waals surface area contributed by atoms with E-state index in [2.05, 4.69) is 15.0 Å². The summed E-state index contributed by atoms with van der Waals surface area (Å²) in [6.07, 6.45) is 2.11. The standard InChI is InChI=1S/C20H24F2N4O4/c21-20(22)30-14-4-3-13(9-15(14)28-11-12-1-2-12)18-25-17(16(10-23)29-18)19(27)26-7-5-24-6-8-26/h3-4,9,12,20,24H,1-2,5-8,10-11,23H2. The fourth-order valence-electron chi connectivity index (χ4n) is 3.24. The van der Waals surface area contributed by atoms with Crippen molar-refractivity contribution in [1.82, 2.24) is 15.2 Å². The van der Waals surface area contributed by atoms with E-state index in [1.807, 2.05) is 0 Å². The van der Waals surface area contributed by atoms with Gasteiger partial charge in [0.05, 0.1) is 13.2 Å². The summed E-state index contributed by atoms with van der Waals surface area (Å²) < 4.78 is 41.5. The molecule has 4 rings (SSSR count). The van der Waals surface area contributed by atoms with Gasteiger partial charge in [-0.25, -0.2) is 4.98 Å². The SMILES string of the molecule is NCc1oc(-c2ccc(OC(F)F)c(OCC3CC3)c2)nc1C(=O)N1CCNCC1. The molecule has 30 heavy (non-hydrogen) atoms. The first-order valence-electron chi connectivity index (χ1n) is 9.97. The highest BCUT2D eigenvalue weighted by atomic mass is 19.3. The van der Waals surface area contributed by atoms with E-state index in [4.69, 9.17) is 14.9 Å². The van der Waals surface area contributed by atoms with Crippen molar-refractivity contribution in [3.63, 3.8) is 0 Å². The molecule has 1 aliphatic heterocycles. The van der Waals surface area contributed by atoms with Crippen LogP contribution in [0.1, 0.15) is 29.1 Å². The van der Waals surface area contributed by atoms with E-state index < -0.39 is 6.61 Å². The van der Waals surface area contributed by atoms with Crippen LogP contribution in [0.4, 0.5) is 8.78 Å². The van der Waals surface area contributed by atoms with Gasteiger partial charge in [0.15, 0.2) is 23.0 Å². The van der Waals surface area contributed by atoms with Crippen LogP contribution in [0.5, 0.6) is 11.5 Å². The predicted octanol–water partition coefficient (Wildman–Crippen LogP) is 2.24. The number of carbonyl (C=O) groups excluding carboxylic acids is 1. The Bertz CT molecular complexity index is 895. The Morgan fingerprint density at radius 2 is 2.07 bits per heavy atom. The number of benzene rings is 1. The van der Waals surface area contributed by atoms with Crippen LogP contribution in [0.15, 0.2) is 22.6 Å². The lowest BCUT2D eigenvalue weighted by atomic mass is 10.2. The van der Waals surface area contributed by atoms with E-state index >= 15 is 0 Å². The van der Waals surface area contributed by atoms with E-state index in [1.165, 1.54) is 18.2 Å². The molecule has 3 N–H and O–H groups in total. The normalized spacial score (nSPS) is 16.7. The highest BCUT2D eigenvalue weighted by Gasteiger charge is 2.27. The van der Waals surface area contributed by atoms with Gasteiger partial charge in [-0.15, -0.1) is 0 Å². The molecule has 1 saturated carbocycles. The van der Waals surface area contributed by atoms with Gasteiger partial charge in [-0.2, -0.15) is 8.78 Å². The van der Waals surface area contributed by atoms with Crippen molar-refractivity contribution >= 4 is 5.91 Å². The summed E-state index contributed by atoms with van der Waals surface area (Å²) in [5.74, 6) is 0.770. The number of nitrogens with zero attached hydrogens (tertiary/aromatic N) is 2.